The third-order valence-corrected chi connectivity index (χ3v) is 4.11. The summed E-state index contributed by atoms with van der Waals surface area (Å²) in [4.78, 5) is 23.2. The number of carbonyl (C=O) groups excluding carboxylic acids is 2. The second kappa shape index (κ2) is 7.75. The Morgan fingerprint density at radius 3 is 2.24 bits per heavy atom. The van der Waals surface area contributed by atoms with Crippen molar-refractivity contribution >= 4 is 21.8 Å². The van der Waals surface area contributed by atoms with Crippen LogP contribution in [0.4, 0.5) is 0 Å². The molecule has 1 aromatic rings. The van der Waals surface area contributed by atoms with Crippen LogP contribution in [-0.2, 0) is 14.8 Å². The smallest absolute Gasteiger partial charge is 0.251 e. The van der Waals surface area contributed by atoms with Crippen LogP contribution in [0.3, 0.4) is 0 Å². The Balaban J connectivity index is 2.62. The van der Waals surface area contributed by atoms with Crippen molar-refractivity contribution in [2.24, 2.45) is 0 Å². The Kier molecular flexibility index (Phi) is 6.32. The average molecular weight is 313 g/mol. The second-order valence-corrected chi connectivity index (χ2v) is 6.15. The van der Waals surface area contributed by atoms with Crippen LogP contribution < -0.4 is 15.4 Å². The summed E-state index contributed by atoms with van der Waals surface area (Å²) < 4.78 is 25.3. The molecule has 1 rings (SSSR count). The first-order valence-corrected chi connectivity index (χ1v) is 7.97. The molecule has 0 aliphatic rings. The monoisotopic (exact) mass is 313 g/mol. The summed E-state index contributed by atoms with van der Waals surface area (Å²) >= 11 is 0. The van der Waals surface area contributed by atoms with Crippen LogP contribution in [-0.4, -0.2) is 40.4 Å². The Labute approximate surface area is 124 Å². The lowest BCUT2D eigenvalue weighted by Crippen LogP contribution is -2.37. The lowest BCUT2D eigenvalue weighted by Gasteiger charge is -2.07. The number of carbonyl (C=O) groups is 2. The maximum absolute atomic E-state index is 11.8. The number of benzene rings is 1. The Morgan fingerprint density at radius 1 is 1.10 bits per heavy atom. The van der Waals surface area contributed by atoms with Crippen molar-refractivity contribution in [1.82, 2.24) is 15.4 Å². The van der Waals surface area contributed by atoms with E-state index in [0.29, 0.717) is 6.54 Å². The van der Waals surface area contributed by atoms with Crippen molar-refractivity contribution < 1.29 is 18.0 Å². The van der Waals surface area contributed by atoms with Crippen molar-refractivity contribution in [3.05, 3.63) is 29.8 Å². The quantitative estimate of drug-likeness (QED) is 0.651. The van der Waals surface area contributed by atoms with E-state index in [1.54, 1.807) is 0 Å². The summed E-state index contributed by atoms with van der Waals surface area (Å²) in [5.74, 6) is -0.699. The molecule has 8 heteroatoms. The fourth-order valence-electron chi connectivity index (χ4n) is 1.49. The summed E-state index contributed by atoms with van der Waals surface area (Å²) in [5, 5.41) is 5.10. The van der Waals surface area contributed by atoms with E-state index < -0.39 is 15.9 Å². The van der Waals surface area contributed by atoms with E-state index >= 15 is 0 Å². The van der Waals surface area contributed by atoms with Crippen LogP contribution in [0.15, 0.2) is 29.2 Å². The van der Waals surface area contributed by atoms with Gasteiger partial charge in [0.05, 0.1) is 11.4 Å². The number of rotatable bonds is 7. The molecule has 0 aromatic heterocycles. The van der Waals surface area contributed by atoms with Gasteiger partial charge in [-0.25, -0.2) is 13.1 Å². The molecule has 0 unspecified atom stereocenters. The van der Waals surface area contributed by atoms with Crippen LogP contribution >= 0.6 is 0 Å². The van der Waals surface area contributed by atoms with E-state index in [-0.39, 0.29) is 22.9 Å². The zero-order valence-corrected chi connectivity index (χ0v) is 12.8. The van der Waals surface area contributed by atoms with Gasteiger partial charge >= 0.3 is 0 Å². The minimum Gasteiger partial charge on any atom is -0.355 e. The molecular formula is C13H19N3O4S. The molecule has 3 N–H and O–H groups in total. The fraction of sp³-hybridized carbons (Fsp3) is 0.385. The predicted molar refractivity (Wildman–Crippen MR) is 78.3 cm³/mol. The van der Waals surface area contributed by atoms with Crippen LogP contribution in [0.25, 0.3) is 0 Å². The molecule has 0 atom stereocenters. The van der Waals surface area contributed by atoms with E-state index in [1.807, 2.05) is 6.92 Å². The minimum absolute atomic E-state index is 0.0715. The molecule has 0 aliphatic carbocycles. The van der Waals surface area contributed by atoms with Crippen molar-refractivity contribution in [2.45, 2.75) is 18.2 Å². The number of hydrogen-bond acceptors (Lipinski definition) is 4. The molecule has 0 fully saturated rings. The highest BCUT2D eigenvalue weighted by Gasteiger charge is 2.13. The fourth-order valence-corrected chi connectivity index (χ4v) is 2.22. The van der Waals surface area contributed by atoms with E-state index in [9.17, 15) is 18.0 Å². The van der Waals surface area contributed by atoms with E-state index in [0.717, 1.165) is 6.42 Å². The van der Waals surface area contributed by atoms with Gasteiger partial charge in [-0.05, 0) is 37.7 Å². The first kappa shape index (κ1) is 17.1. The number of hydrogen-bond donors (Lipinski definition) is 3. The highest BCUT2D eigenvalue weighted by atomic mass is 32.2. The molecule has 0 radical (unpaired) electrons. The van der Waals surface area contributed by atoms with Gasteiger partial charge in [-0.15, -0.1) is 0 Å². The topological polar surface area (TPSA) is 104 Å². The first-order valence-electron chi connectivity index (χ1n) is 6.49. The largest absolute Gasteiger partial charge is 0.355 e. The van der Waals surface area contributed by atoms with Crippen molar-refractivity contribution in [3.63, 3.8) is 0 Å². The van der Waals surface area contributed by atoms with Crippen molar-refractivity contribution in [1.29, 1.82) is 0 Å². The number of amides is 2. The molecule has 7 nitrogen and oxygen atoms in total. The zero-order chi connectivity index (χ0) is 15.9. The van der Waals surface area contributed by atoms with Crippen LogP contribution in [0, 0.1) is 0 Å². The van der Waals surface area contributed by atoms with E-state index in [1.165, 1.54) is 31.3 Å². The van der Waals surface area contributed by atoms with Gasteiger partial charge in [0.15, 0.2) is 0 Å². The Hall–Kier alpha value is -1.93. The standard InChI is InChI=1S/C13H19N3O4S/c1-3-8-15-12(17)9-16-13(18)10-4-6-11(7-5-10)21(19,20)14-2/h4-7,14H,3,8-9H2,1-2H3,(H,15,17)(H,16,18). The van der Waals surface area contributed by atoms with E-state index in [4.69, 9.17) is 0 Å². The maximum atomic E-state index is 11.8. The molecule has 2 amide bonds. The van der Waals surface area contributed by atoms with Gasteiger partial charge in [-0.3, -0.25) is 9.59 Å². The van der Waals surface area contributed by atoms with Gasteiger partial charge in [0, 0.05) is 12.1 Å². The number of sulfonamides is 1. The summed E-state index contributed by atoms with van der Waals surface area (Å²) in [7, 11) is -2.21. The highest BCUT2D eigenvalue weighted by molar-refractivity contribution is 7.89. The van der Waals surface area contributed by atoms with Gasteiger partial charge < -0.3 is 10.6 Å². The molecule has 0 saturated carbocycles. The van der Waals surface area contributed by atoms with Gasteiger partial charge in [-0.2, -0.15) is 0 Å². The maximum Gasteiger partial charge on any atom is 0.251 e. The molecule has 21 heavy (non-hydrogen) atoms. The Morgan fingerprint density at radius 2 is 1.71 bits per heavy atom. The van der Waals surface area contributed by atoms with Gasteiger partial charge in [0.25, 0.3) is 5.91 Å². The highest BCUT2D eigenvalue weighted by Crippen LogP contribution is 2.09. The lowest BCUT2D eigenvalue weighted by molar-refractivity contribution is -0.120. The minimum atomic E-state index is -3.52. The Bertz CT molecular complexity index is 596. The summed E-state index contributed by atoms with van der Waals surface area (Å²) in [5.41, 5.74) is 0.286. The molecule has 0 bridgehead atoms. The van der Waals surface area contributed by atoms with Crippen LogP contribution in [0.5, 0.6) is 0 Å². The molecule has 1 aromatic carbocycles. The van der Waals surface area contributed by atoms with Crippen LogP contribution in [0.1, 0.15) is 23.7 Å². The van der Waals surface area contributed by atoms with Gasteiger partial charge in [-0.1, -0.05) is 6.92 Å². The van der Waals surface area contributed by atoms with Crippen molar-refractivity contribution in [2.75, 3.05) is 20.1 Å². The predicted octanol–water partition coefficient (Wildman–Crippen LogP) is -0.149. The molecule has 0 spiro atoms. The van der Waals surface area contributed by atoms with Crippen LogP contribution in [0.2, 0.25) is 0 Å². The average Bonchev–Trinajstić information content (AvgIpc) is 2.50. The summed E-state index contributed by atoms with van der Waals surface area (Å²) in [6.07, 6.45) is 0.821. The van der Waals surface area contributed by atoms with Gasteiger partial charge in [0.2, 0.25) is 15.9 Å². The molecule has 0 heterocycles. The SMILES string of the molecule is CCCNC(=O)CNC(=O)c1ccc(S(=O)(=O)NC)cc1. The molecule has 0 saturated heterocycles. The molecule has 0 aliphatic heterocycles. The third kappa shape index (κ3) is 5.16. The van der Waals surface area contributed by atoms with E-state index in [2.05, 4.69) is 15.4 Å². The zero-order valence-electron chi connectivity index (χ0n) is 12.0. The molecular weight excluding hydrogens is 294 g/mol. The summed E-state index contributed by atoms with van der Waals surface area (Å²) in [6.45, 7) is 2.38. The van der Waals surface area contributed by atoms with Gasteiger partial charge in [0.1, 0.15) is 0 Å². The van der Waals surface area contributed by atoms with Crippen molar-refractivity contribution in [3.8, 4) is 0 Å². The lowest BCUT2D eigenvalue weighted by atomic mass is 10.2. The molecule has 116 valence electrons. The second-order valence-electron chi connectivity index (χ2n) is 4.26. The first-order chi connectivity index (χ1) is 9.90. The summed E-state index contributed by atoms with van der Waals surface area (Å²) in [6, 6.07) is 5.45. The number of nitrogens with one attached hydrogen (secondary N) is 3. The third-order valence-electron chi connectivity index (χ3n) is 2.68. The normalized spacial score (nSPS) is 11.0.